The summed E-state index contributed by atoms with van der Waals surface area (Å²) in [7, 11) is 1.49. The van der Waals surface area contributed by atoms with Gasteiger partial charge in [0.05, 0.1) is 19.3 Å². The molecule has 0 aliphatic carbocycles. The summed E-state index contributed by atoms with van der Waals surface area (Å²) in [5.74, 6) is 0.845. The predicted octanol–water partition coefficient (Wildman–Crippen LogP) is 1.32. The van der Waals surface area contributed by atoms with Gasteiger partial charge in [-0.2, -0.15) is 0 Å². The van der Waals surface area contributed by atoms with E-state index in [-0.39, 0.29) is 11.8 Å². The molecule has 0 fully saturated rings. The Labute approximate surface area is 93.5 Å². The highest BCUT2D eigenvalue weighted by atomic mass is 35.5. The first kappa shape index (κ1) is 12.0. The van der Waals surface area contributed by atoms with Crippen LogP contribution in [0.5, 0.6) is 5.75 Å². The van der Waals surface area contributed by atoms with Crippen LogP contribution in [0.3, 0.4) is 0 Å². The fraction of sp³-hybridized carbons (Fsp3) is 0.556. The van der Waals surface area contributed by atoms with Gasteiger partial charge in [-0.25, -0.2) is 9.97 Å². The van der Waals surface area contributed by atoms with E-state index < -0.39 is 5.54 Å². The molecule has 0 saturated heterocycles. The summed E-state index contributed by atoms with van der Waals surface area (Å²) in [5, 5.41) is 12.4. The summed E-state index contributed by atoms with van der Waals surface area (Å²) in [6, 6.07) is 0. The molecule has 0 bridgehead atoms. The Morgan fingerprint density at radius 3 is 2.73 bits per heavy atom. The SMILES string of the molecule is COc1c(Cl)ncnc1NC(C)(C)CO. The number of anilines is 1. The number of aromatic nitrogens is 2. The van der Waals surface area contributed by atoms with Crippen molar-refractivity contribution >= 4 is 17.4 Å². The molecule has 0 aromatic carbocycles. The van der Waals surface area contributed by atoms with Gasteiger partial charge < -0.3 is 15.2 Å². The topological polar surface area (TPSA) is 67.3 Å². The van der Waals surface area contributed by atoms with Crippen molar-refractivity contribution in [2.45, 2.75) is 19.4 Å². The number of ether oxygens (including phenoxy) is 1. The Morgan fingerprint density at radius 2 is 2.20 bits per heavy atom. The fourth-order valence-electron chi connectivity index (χ4n) is 0.982. The standard InChI is InChI=1S/C9H14ClN3O2/c1-9(2,4-14)13-8-6(15-3)7(10)11-5-12-8/h5,14H,4H2,1-3H3,(H,11,12,13). The third-order valence-electron chi connectivity index (χ3n) is 1.82. The van der Waals surface area contributed by atoms with Crippen molar-refractivity contribution in [3.05, 3.63) is 11.5 Å². The molecule has 1 aromatic rings. The normalized spacial score (nSPS) is 11.3. The molecule has 0 unspecified atom stereocenters. The van der Waals surface area contributed by atoms with Crippen molar-refractivity contribution < 1.29 is 9.84 Å². The van der Waals surface area contributed by atoms with Crippen LogP contribution in [0.15, 0.2) is 6.33 Å². The summed E-state index contributed by atoms with van der Waals surface area (Å²) in [4.78, 5) is 7.79. The minimum Gasteiger partial charge on any atom is -0.490 e. The average Bonchev–Trinajstić information content (AvgIpc) is 2.18. The quantitative estimate of drug-likeness (QED) is 0.765. The van der Waals surface area contributed by atoms with Crippen molar-refractivity contribution in [3.63, 3.8) is 0 Å². The maximum atomic E-state index is 9.11. The molecule has 0 atom stereocenters. The Bertz CT molecular complexity index is 344. The number of hydrogen-bond acceptors (Lipinski definition) is 5. The molecule has 0 radical (unpaired) electrons. The summed E-state index contributed by atoms with van der Waals surface area (Å²) in [5.41, 5.74) is -0.495. The average molecular weight is 232 g/mol. The van der Waals surface area contributed by atoms with Gasteiger partial charge in [0.2, 0.25) is 0 Å². The van der Waals surface area contributed by atoms with Gasteiger partial charge in [0.1, 0.15) is 6.33 Å². The molecule has 15 heavy (non-hydrogen) atoms. The molecule has 84 valence electrons. The molecular weight excluding hydrogens is 218 g/mol. The first-order chi connectivity index (χ1) is 7.00. The van der Waals surface area contributed by atoms with Crippen LogP contribution in [0.2, 0.25) is 5.15 Å². The Morgan fingerprint density at radius 1 is 1.53 bits per heavy atom. The van der Waals surface area contributed by atoms with Crippen molar-refractivity contribution in [2.75, 3.05) is 19.0 Å². The van der Waals surface area contributed by atoms with E-state index >= 15 is 0 Å². The molecular formula is C9H14ClN3O2. The molecule has 6 heteroatoms. The number of hydrogen-bond donors (Lipinski definition) is 2. The maximum absolute atomic E-state index is 9.11. The minimum atomic E-state index is -0.495. The lowest BCUT2D eigenvalue weighted by atomic mass is 10.1. The van der Waals surface area contributed by atoms with E-state index in [9.17, 15) is 0 Å². The monoisotopic (exact) mass is 231 g/mol. The van der Waals surface area contributed by atoms with E-state index in [0.29, 0.717) is 11.6 Å². The molecule has 0 aliphatic rings. The third kappa shape index (κ3) is 2.94. The highest BCUT2D eigenvalue weighted by Crippen LogP contribution is 2.30. The predicted molar refractivity (Wildman–Crippen MR) is 58.4 cm³/mol. The van der Waals surface area contributed by atoms with Gasteiger partial charge in [0, 0.05) is 0 Å². The lowest BCUT2D eigenvalue weighted by Gasteiger charge is -2.25. The van der Waals surface area contributed by atoms with Crippen LogP contribution >= 0.6 is 11.6 Å². The van der Waals surface area contributed by atoms with Gasteiger partial charge >= 0.3 is 0 Å². The Kier molecular flexibility index (Phi) is 3.71. The molecule has 0 aliphatic heterocycles. The first-order valence-electron chi connectivity index (χ1n) is 4.43. The van der Waals surface area contributed by atoms with E-state index in [1.165, 1.54) is 13.4 Å². The zero-order chi connectivity index (χ0) is 11.5. The molecule has 5 nitrogen and oxygen atoms in total. The lowest BCUT2D eigenvalue weighted by Crippen LogP contribution is -2.35. The van der Waals surface area contributed by atoms with Crippen molar-refractivity contribution in [1.29, 1.82) is 0 Å². The number of methoxy groups -OCH3 is 1. The number of aliphatic hydroxyl groups excluding tert-OH is 1. The van der Waals surface area contributed by atoms with Gasteiger partial charge in [0.25, 0.3) is 0 Å². The van der Waals surface area contributed by atoms with Crippen molar-refractivity contribution in [3.8, 4) is 5.75 Å². The van der Waals surface area contributed by atoms with Crippen LogP contribution in [-0.2, 0) is 0 Å². The van der Waals surface area contributed by atoms with Crippen LogP contribution in [0.25, 0.3) is 0 Å². The lowest BCUT2D eigenvalue weighted by molar-refractivity contribution is 0.233. The van der Waals surface area contributed by atoms with Crippen LogP contribution < -0.4 is 10.1 Å². The molecule has 0 spiro atoms. The van der Waals surface area contributed by atoms with Crippen molar-refractivity contribution in [2.24, 2.45) is 0 Å². The van der Waals surface area contributed by atoms with E-state index in [0.717, 1.165) is 0 Å². The molecule has 1 rings (SSSR count). The summed E-state index contributed by atoms with van der Waals surface area (Å²) >= 11 is 5.82. The molecule has 1 aromatic heterocycles. The number of nitrogens with zero attached hydrogens (tertiary/aromatic N) is 2. The van der Waals surface area contributed by atoms with Crippen LogP contribution in [0.4, 0.5) is 5.82 Å². The van der Waals surface area contributed by atoms with Gasteiger partial charge in [-0.1, -0.05) is 11.6 Å². The molecule has 2 N–H and O–H groups in total. The highest BCUT2D eigenvalue weighted by molar-refractivity contribution is 6.31. The largest absolute Gasteiger partial charge is 0.490 e. The second-order valence-corrected chi connectivity index (χ2v) is 4.07. The first-order valence-corrected chi connectivity index (χ1v) is 4.81. The van der Waals surface area contributed by atoms with E-state index in [4.69, 9.17) is 21.4 Å². The van der Waals surface area contributed by atoms with E-state index in [2.05, 4.69) is 15.3 Å². The third-order valence-corrected chi connectivity index (χ3v) is 2.09. The van der Waals surface area contributed by atoms with Gasteiger partial charge in [-0.05, 0) is 13.8 Å². The zero-order valence-corrected chi connectivity index (χ0v) is 9.67. The highest BCUT2D eigenvalue weighted by Gasteiger charge is 2.20. The van der Waals surface area contributed by atoms with E-state index in [1.54, 1.807) is 0 Å². The molecule has 0 amide bonds. The number of halogens is 1. The van der Waals surface area contributed by atoms with Gasteiger partial charge in [-0.3, -0.25) is 0 Å². The summed E-state index contributed by atoms with van der Waals surface area (Å²) < 4.78 is 5.07. The molecule has 0 saturated carbocycles. The van der Waals surface area contributed by atoms with Crippen LogP contribution in [-0.4, -0.2) is 34.3 Å². The minimum absolute atomic E-state index is 0.0300. The second-order valence-electron chi connectivity index (χ2n) is 3.71. The van der Waals surface area contributed by atoms with Crippen LogP contribution in [0, 0.1) is 0 Å². The zero-order valence-electron chi connectivity index (χ0n) is 8.91. The smallest absolute Gasteiger partial charge is 0.198 e. The number of rotatable bonds is 4. The maximum Gasteiger partial charge on any atom is 0.198 e. The van der Waals surface area contributed by atoms with Crippen molar-refractivity contribution in [1.82, 2.24) is 9.97 Å². The Hall–Kier alpha value is -1.07. The Balaban J connectivity index is 2.99. The number of nitrogens with one attached hydrogen (secondary N) is 1. The van der Waals surface area contributed by atoms with Gasteiger partial charge in [0.15, 0.2) is 16.7 Å². The van der Waals surface area contributed by atoms with Gasteiger partial charge in [-0.15, -0.1) is 0 Å². The van der Waals surface area contributed by atoms with Crippen LogP contribution in [0.1, 0.15) is 13.8 Å². The molecule has 1 heterocycles. The fourth-order valence-corrected chi connectivity index (χ4v) is 1.19. The summed E-state index contributed by atoms with van der Waals surface area (Å²) in [6.07, 6.45) is 1.33. The summed E-state index contributed by atoms with van der Waals surface area (Å²) in [6.45, 7) is 3.64. The van der Waals surface area contributed by atoms with E-state index in [1.807, 2.05) is 13.8 Å². The second kappa shape index (κ2) is 4.63. The number of aliphatic hydroxyl groups is 1.